The van der Waals surface area contributed by atoms with E-state index >= 15 is 0 Å². The second-order valence-electron chi connectivity index (χ2n) is 5.20. The normalized spacial score (nSPS) is 34.4. The van der Waals surface area contributed by atoms with Crippen LogP contribution in [0.1, 0.15) is 59.3 Å². The number of hydrogen-bond acceptors (Lipinski definition) is 1. The molecule has 0 radical (unpaired) electrons. The van der Waals surface area contributed by atoms with E-state index in [0.717, 1.165) is 5.92 Å². The summed E-state index contributed by atoms with van der Waals surface area (Å²) in [6.45, 7) is 7.05. The zero-order chi connectivity index (χ0) is 9.90. The molecule has 1 aliphatic rings. The van der Waals surface area contributed by atoms with Crippen molar-refractivity contribution in [2.24, 2.45) is 17.1 Å². The van der Waals surface area contributed by atoms with E-state index in [1.807, 2.05) is 0 Å². The van der Waals surface area contributed by atoms with Gasteiger partial charge >= 0.3 is 0 Å². The predicted molar refractivity (Wildman–Crippen MR) is 58.6 cm³/mol. The summed E-state index contributed by atoms with van der Waals surface area (Å²) in [5, 5.41) is 0. The minimum Gasteiger partial charge on any atom is -0.328 e. The van der Waals surface area contributed by atoms with Gasteiger partial charge in [0.1, 0.15) is 0 Å². The van der Waals surface area contributed by atoms with Crippen molar-refractivity contribution >= 4 is 0 Å². The van der Waals surface area contributed by atoms with Crippen LogP contribution in [0.15, 0.2) is 0 Å². The fraction of sp³-hybridized carbons (Fsp3) is 1.00. The van der Waals surface area contributed by atoms with E-state index in [9.17, 15) is 0 Å². The van der Waals surface area contributed by atoms with E-state index in [4.69, 9.17) is 5.73 Å². The van der Waals surface area contributed by atoms with E-state index in [-0.39, 0.29) is 0 Å². The van der Waals surface area contributed by atoms with E-state index < -0.39 is 0 Å². The van der Waals surface area contributed by atoms with Gasteiger partial charge in [-0.2, -0.15) is 0 Å². The van der Waals surface area contributed by atoms with Crippen LogP contribution in [0.2, 0.25) is 0 Å². The summed E-state index contributed by atoms with van der Waals surface area (Å²) < 4.78 is 0. The van der Waals surface area contributed by atoms with Gasteiger partial charge in [-0.25, -0.2) is 0 Å². The third-order valence-electron chi connectivity index (χ3n) is 3.81. The van der Waals surface area contributed by atoms with Gasteiger partial charge in [0.05, 0.1) is 0 Å². The van der Waals surface area contributed by atoms with Crippen LogP contribution in [0.4, 0.5) is 0 Å². The first-order valence-corrected chi connectivity index (χ1v) is 5.85. The summed E-state index contributed by atoms with van der Waals surface area (Å²) in [4.78, 5) is 0. The highest BCUT2D eigenvalue weighted by atomic mass is 14.7. The molecule has 0 amide bonds. The first-order valence-electron chi connectivity index (χ1n) is 5.85. The monoisotopic (exact) mass is 183 g/mol. The summed E-state index contributed by atoms with van der Waals surface area (Å²) in [5.41, 5.74) is 6.53. The third-order valence-corrected chi connectivity index (χ3v) is 3.81. The molecule has 0 aromatic carbocycles. The Labute approximate surface area is 83.1 Å². The van der Waals surface area contributed by atoms with Crippen molar-refractivity contribution in [3.8, 4) is 0 Å². The van der Waals surface area contributed by atoms with Gasteiger partial charge in [-0.3, -0.25) is 0 Å². The van der Waals surface area contributed by atoms with Crippen molar-refractivity contribution in [3.63, 3.8) is 0 Å². The predicted octanol–water partition coefficient (Wildman–Crippen LogP) is 3.33. The Bertz CT molecular complexity index is 151. The first-order chi connectivity index (χ1) is 6.09. The lowest BCUT2D eigenvalue weighted by Crippen LogP contribution is -2.21. The van der Waals surface area contributed by atoms with Gasteiger partial charge in [-0.1, -0.05) is 33.6 Å². The second-order valence-corrected chi connectivity index (χ2v) is 5.20. The lowest BCUT2D eigenvalue weighted by molar-refractivity contribution is 0.235. The fourth-order valence-corrected chi connectivity index (χ4v) is 2.83. The SMILES string of the molecule is CCC(CC)CC1(C)CCC(N)C1. The highest BCUT2D eigenvalue weighted by Gasteiger charge is 2.34. The molecule has 2 unspecified atom stereocenters. The van der Waals surface area contributed by atoms with Crippen molar-refractivity contribution < 1.29 is 0 Å². The molecular formula is C12H25N. The van der Waals surface area contributed by atoms with Crippen LogP contribution < -0.4 is 5.73 Å². The highest BCUT2D eigenvalue weighted by Crippen LogP contribution is 2.43. The van der Waals surface area contributed by atoms with Crippen LogP contribution in [0, 0.1) is 11.3 Å². The molecule has 0 heterocycles. The topological polar surface area (TPSA) is 26.0 Å². The lowest BCUT2D eigenvalue weighted by Gasteiger charge is -2.28. The molecule has 1 saturated carbocycles. The average Bonchev–Trinajstić information content (AvgIpc) is 2.43. The molecule has 1 heteroatoms. The quantitative estimate of drug-likeness (QED) is 0.711. The molecule has 0 aliphatic heterocycles. The molecule has 78 valence electrons. The Kier molecular flexibility index (Phi) is 3.78. The van der Waals surface area contributed by atoms with E-state index in [1.54, 1.807) is 0 Å². The van der Waals surface area contributed by atoms with Gasteiger partial charge in [0.15, 0.2) is 0 Å². The highest BCUT2D eigenvalue weighted by molar-refractivity contribution is 4.88. The lowest BCUT2D eigenvalue weighted by atomic mass is 9.78. The molecule has 0 spiro atoms. The van der Waals surface area contributed by atoms with Crippen molar-refractivity contribution in [2.75, 3.05) is 0 Å². The van der Waals surface area contributed by atoms with Crippen molar-refractivity contribution in [2.45, 2.75) is 65.3 Å². The van der Waals surface area contributed by atoms with Gasteiger partial charge in [0, 0.05) is 6.04 Å². The van der Waals surface area contributed by atoms with Crippen molar-refractivity contribution in [3.05, 3.63) is 0 Å². The van der Waals surface area contributed by atoms with Crippen LogP contribution in [0.5, 0.6) is 0 Å². The van der Waals surface area contributed by atoms with Crippen LogP contribution >= 0.6 is 0 Å². The van der Waals surface area contributed by atoms with E-state index in [1.165, 1.54) is 38.5 Å². The molecule has 1 fully saturated rings. The zero-order valence-corrected chi connectivity index (χ0v) is 9.47. The molecule has 1 nitrogen and oxygen atoms in total. The summed E-state index contributed by atoms with van der Waals surface area (Å²) >= 11 is 0. The fourth-order valence-electron chi connectivity index (χ4n) is 2.83. The van der Waals surface area contributed by atoms with Gasteiger partial charge in [0.25, 0.3) is 0 Å². The molecule has 13 heavy (non-hydrogen) atoms. The first kappa shape index (κ1) is 11.0. The molecule has 2 atom stereocenters. The summed E-state index contributed by atoms with van der Waals surface area (Å²) in [6, 6.07) is 0.486. The van der Waals surface area contributed by atoms with Crippen LogP contribution in [-0.4, -0.2) is 6.04 Å². The van der Waals surface area contributed by atoms with Gasteiger partial charge < -0.3 is 5.73 Å². The van der Waals surface area contributed by atoms with Gasteiger partial charge in [-0.05, 0) is 37.0 Å². The Morgan fingerprint density at radius 1 is 1.38 bits per heavy atom. The van der Waals surface area contributed by atoms with Crippen molar-refractivity contribution in [1.82, 2.24) is 0 Å². The van der Waals surface area contributed by atoms with E-state index in [2.05, 4.69) is 20.8 Å². The molecular weight excluding hydrogens is 158 g/mol. The molecule has 2 N–H and O–H groups in total. The molecule has 0 aromatic rings. The Balaban J connectivity index is 2.42. The molecule has 0 saturated heterocycles. The Morgan fingerprint density at radius 2 is 2.00 bits per heavy atom. The Morgan fingerprint density at radius 3 is 2.38 bits per heavy atom. The molecule has 0 bridgehead atoms. The van der Waals surface area contributed by atoms with Crippen molar-refractivity contribution in [1.29, 1.82) is 0 Å². The minimum absolute atomic E-state index is 0.486. The number of nitrogens with two attached hydrogens (primary N) is 1. The standard InChI is InChI=1S/C12H25N/c1-4-10(5-2)8-12(3)7-6-11(13)9-12/h10-11H,4-9,13H2,1-3H3. The second kappa shape index (κ2) is 4.45. The molecule has 1 rings (SSSR count). The summed E-state index contributed by atoms with van der Waals surface area (Å²) in [5.74, 6) is 0.926. The largest absolute Gasteiger partial charge is 0.328 e. The van der Waals surface area contributed by atoms with Gasteiger partial charge in [0.2, 0.25) is 0 Å². The number of hydrogen-bond donors (Lipinski definition) is 1. The van der Waals surface area contributed by atoms with E-state index in [0.29, 0.717) is 11.5 Å². The van der Waals surface area contributed by atoms with Crippen LogP contribution in [0.3, 0.4) is 0 Å². The summed E-state index contributed by atoms with van der Waals surface area (Å²) in [7, 11) is 0. The molecule has 0 aromatic heterocycles. The summed E-state index contributed by atoms with van der Waals surface area (Å²) in [6.07, 6.45) is 7.92. The average molecular weight is 183 g/mol. The minimum atomic E-state index is 0.486. The third kappa shape index (κ3) is 2.98. The Hall–Kier alpha value is -0.0400. The van der Waals surface area contributed by atoms with Gasteiger partial charge in [-0.15, -0.1) is 0 Å². The maximum Gasteiger partial charge on any atom is 0.00442 e. The maximum atomic E-state index is 5.97. The van der Waals surface area contributed by atoms with Crippen LogP contribution in [0.25, 0.3) is 0 Å². The maximum absolute atomic E-state index is 5.97. The number of rotatable bonds is 4. The zero-order valence-electron chi connectivity index (χ0n) is 9.47. The van der Waals surface area contributed by atoms with Crippen LogP contribution in [-0.2, 0) is 0 Å². The smallest absolute Gasteiger partial charge is 0.00442 e. The molecule has 1 aliphatic carbocycles.